The fourth-order valence-corrected chi connectivity index (χ4v) is 3.00. The van der Waals surface area contributed by atoms with Gasteiger partial charge in [0.05, 0.1) is 13.2 Å². The number of ether oxygens (including phenoxy) is 2. The van der Waals surface area contributed by atoms with E-state index in [4.69, 9.17) is 9.47 Å². The topological polar surface area (TPSA) is 18.5 Å². The Morgan fingerprint density at radius 1 is 1.00 bits per heavy atom. The fraction of sp³-hybridized carbons (Fsp3) is 0.684. The van der Waals surface area contributed by atoms with E-state index in [1.54, 1.807) is 0 Å². The van der Waals surface area contributed by atoms with Crippen LogP contribution in [0, 0.1) is 5.41 Å². The number of hydrogen-bond acceptors (Lipinski definition) is 2. The van der Waals surface area contributed by atoms with E-state index in [2.05, 4.69) is 45.0 Å². The highest BCUT2D eigenvalue weighted by Crippen LogP contribution is 2.34. The minimum atomic E-state index is -0.181. The van der Waals surface area contributed by atoms with E-state index in [0.717, 1.165) is 25.2 Å². The van der Waals surface area contributed by atoms with Gasteiger partial charge < -0.3 is 9.47 Å². The minimum Gasteiger partial charge on any atom is -0.348 e. The molecular weight excluding hydrogens is 260 g/mol. The van der Waals surface area contributed by atoms with Gasteiger partial charge in [0.25, 0.3) is 0 Å². The van der Waals surface area contributed by atoms with Crippen molar-refractivity contribution in [1.82, 2.24) is 0 Å². The third kappa shape index (κ3) is 4.82. The summed E-state index contributed by atoms with van der Waals surface area (Å²) in [5, 5.41) is 0. The highest BCUT2D eigenvalue weighted by Gasteiger charge is 2.32. The van der Waals surface area contributed by atoms with Crippen molar-refractivity contribution >= 4 is 0 Å². The third-order valence-corrected chi connectivity index (χ3v) is 4.34. The van der Waals surface area contributed by atoms with Gasteiger partial charge in [-0.2, -0.15) is 0 Å². The molecule has 1 aromatic rings. The number of aryl methyl sites for hydroxylation is 1. The van der Waals surface area contributed by atoms with Gasteiger partial charge in [-0.1, -0.05) is 64.3 Å². The van der Waals surface area contributed by atoms with Crippen molar-refractivity contribution in [3.8, 4) is 0 Å². The minimum absolute atomic E-state index is 0.181. The maximum Gasteiger partial charge on any atom is 0.183 e. The molecule has 1 heterocycles. The lowest BCUT2D eigenvalue weighted by molar-refractivity contribution is -0.231. The van der Waals surface area contributed by atoms with Crippen molar-refractivity contribution in [2.45, 2.75) is 65.6 Å². The van der Waals surface area contributed by atoms with Crippen LogP contribution in [-0.4, -0.2) is 13.2 Å². The van der Waals surface area contributed by atoms with E-state index in [-0.39, 0.29) is 11.7 Å². The van der Waals surface area contributed by atoms with Gasteiger partial charge in [-0.15, -0.1) is 0 Å². The number of benzene rings is 1. The first-order valence-corrected chi connectivity index (χ1v) is 8.49. The molecule has 2 heteroatoms. The average Bonchev–Trinajstić information content (AvgIpc) is 2.49. The lowest BCUT2D eigenvalue weighted by atomic mass is 9.87. The van der Waals surface area contributed by atoms with Crippen molar-refractivity contribution in [3.05, 3.63) is 35.4 Å². The molecule has 0 aromatic heterocycles. The van der Waals surface area contributed by atoms with E-state index < -0.39 is 0 Å². The first-order chi connectivity index (χ1) is 10.2. The van der Waals surface area contributed by atoms with Gasteiger partial charge in [0.1, 0.15) is 0 Å². The van der Waals surface area contributed by atoms with Crippen LogP contribution in [0.4, 0.5) is 0 Å². The molecule has 0 unspecified atom stereocenters. The van der Waals surface area contributed by atoms with Crippen molar-refractivity contribution in [3.63, 3.8) is 0 Å². The Labute approximate surface area is 129 Å². The Bertz CT molecular complexity index is 402. The molecule has 0 amide bonds. The summed E-state index contributed by atoms with van der Waals surface area (Å²) in [7, 11) is 0. The van der Waals surface area contributed by atoms with Gasteiger partial charge in [-0.05, 0) is 24.8 Å². The second-order valence-corrected chi connectivity index (χ2v) is 6.71. The second kappa shape index (κ2) is 7.95. The zero-order valence-corrected chi connectivity index (χ0v) is 13.9. The molecule has 0 radical (unpaired) electrons. The zero-order chi connectivity index (χ0) is 15.1. The quantitative estimate of drug-likeness (QED) is 0.637. The van der Waals surface area contributed by atoms with Crippen molar-refractivity contribution in [2.24, 2.45) is 5.41 Å². The summed E-state index contributed by atoms with van der Waals surface area (Å²) in [4.78, 5) is 0. The van der Waals surface area contributed by atoms with Crippen LogP contribution in [0.1, 0.15) is 70.3 Å². The van der Waals surface area contributed by atoms with E-state index in [0.29, 0.717) is 0 Å². The molecule has 0 aliphatic carbocycles. The predicted molar refractivity (Wildman–Crippen MR) is 87.3 cm³/mol. The molecule has 0 spiro atoms. The summed E-state index contributed by atoms with van der Waals surface area (Å²) in [6.45, 7) is 8.30. The SMILES string of the molecule is CCCCCc1ccc(C2OCC(C)(CCC)CO2)cc1. The smallest absolute Gasteiger partial charge is 0.183 e. The molecular formula is C19H30O2. The predicted octanol–water partition coefficient (Wildman–Crippen LogP) is 5.27. The van der Waals surface area contributed by atoms with E-state index >= 15 is 0 Å². The van der Waals surface area contributed by atoms with E-state index in [1.165, 1.54) is 37.7 Å². The van der Waals surface area contributed by atoms with Gasteiger partial charge in [0, 0.05) is 11.0 Å². The Balaban J connectivity index is 1.86. The monoisotopic (exact) mass is 290 g/mol. The number of unbranched alkanes of at least 4 members (excludes halogenated alkanes) is 2. The third-order valence-electron chi connectivity index (χ3n) is 4.34. The summed E-state index contributed by atoms with van der Waals surface area (Å²) >= 11 is 0. The Hall–Kier alpha value is -0.860. The second-order valence-electron chi connectivity index (χ2n) is 6.71. The highest BCUT2D eigenvalue weighted by molar-refractivity contribution is 5.23. The van der Waals surface area contributed by atoms with Gasteiger partial charge in [-0.25, -0.2) is 0 Å². The largest absolute Gasteiger partial charge is 0.348 e. The Morgan fingerprint density at radius 2 is 1.67 bits per heavy atom. The van der Waals surface area contributed by atoms with Gasteiger partial charge in [0.15, 0.2) is 6.29 Å². The summed E-state index contributed by atoms with van der Waals surface area (Å²) in [5.74, 6) is 0. The molecule has 21 heavy (non-hydrogen) atoms. The normalized spacial score (nSPS) is 26.0. The first-order valence-electron chi connectivity index (χ1n) is 8.49. The Morgan fingerprint density at radius 3 is 2.24 bits per heavy atom. The highest BCUT2D eigenvalue weighted by atomic mass is 16.7. The van der Waals surface area contributed by atoms with Gasteiger partial charge in [0.2, 0.25) is 0 Å². The fourth-order valence-electron chi connectivity index (χ4n) is 3.00. The summed E-state index contributed by atoms with van der Waals surface area (Å²) in [5.41, 5.74) is 2.75. The summed E-state index contributed by atoms with van der Waals surface area (Å²) in [6, 6.07) is 8.76. The molecule has 118 valence electrons. The first kappa shape index (κ1) is 16.5. The molecule has 1 fully saturated rings. The molecule has 1 aliphatic rings. The number of rotatable bonds is 7. The lowest BCUT2D eigenvalue weighted by Gasteiger charge is -2.37. The van der Waals surface area contributed by atoms with Crippen molar-refractivity contribution in [2.75, 3.05) is 13.2 Å². The Kier molecular flexibility index (Phi) is 6.25. The van der Waals surface area contributed by atoms with E-state index in [9.17, 15) is 0 Å². The van der Waals surface area contributed by atoms with Crippen LogP contribution in [-0.2, 0) is 15.9 Å². The lowest BCUT2D eigenvalue weighted by Crippen LogP contribution is -2.36. The maximum atomic E-state index is 5.95. The standard InChI is InChI=1S/C19H30O2/c1-4-6-7-8-16-9-11-17(12-10-16)18-20-14-19(3,13-5-2)15-21-18/h9-12,18H,4-8,13-15H2,1-3H3. The molecule has 0 bridgehead atoms. The van der Waals surface area contributed by atoms with E-state index in [1.807, 2.05) is 0 Å². The molecule has 1 aliphatic heterocycles. The number of hydrogen-bond donors (Lipinski definition) is 0. The molecule has 0 atom stereocenters. The molecule has 1 saturated heterocycles. The van der Waals surface area contributed by atoms with Crippen molar-refractivity contribution < 1.29 is 9.47 Å². The average molecular weight is 290 g/mol. The molecule has 2 nitrogen and oxygen atoms in total. The van der Waals surface area contributed by atoms with Gasteiger partial charge in [-0.3, -0.25) is 0 Å². The summed E-state index contributed by atoms with van der Waals surface area (Å²) < 4.78 is 11.9. The molecule has 0 saturated carbocycles. The van der Waals surface area contributed by atoms with Crippen molar-refractivity contribution in [1.29, 1.82) is 0 Å². The van der Waals surface area contributed by atoms with Crippen LogP contribution in [0.3, 0.4) is 0 Å². The van der Waals surface area contributed by atoms with Crippen LogP contribution in [0.5, 0.6) is 0 Å². The summed E-state index contributed by atoms with van der Waals surface area (Å²) in [6.07, 6.45) is 7.21. The molecule has 1 aromatic carbocycles. The van der Waals surface area contributed by atoms with Gasteiger partial charge >= 0.3 is 0 Å². The molecule has 0 N–H and O–H groups in total. The van der Waals surface area contributed by atoms with Crippen LogP contribution in [0.15, 0.2) is 24.3 Å². The van der Waals surface area contributed by atoms with Crippen LogP contribution in [0.25, 0.3) is 0 Å². The van der Waals surface area contributed by atoms with Crippen LogP contribution in [0.2, 0.25) is 0 Å². The zero-order valence-electron chi connectivity index (χ0n) is 13.9. The van der Waals surface area contributed by atoms with Crippen LogP contribution < -0.4 is 0 Å². The van der Waals surface area contributed by atoms with Crippen LogP contribution >= 0.6 is 0 Å². The maximum absolute atomic E-state index is 5.95. The molecule has 2 rings (SSSR count).